The molecule has 0 amide bonds. The van der Waals surface area contributed by atoms with Crippen LogP contribution < -0.4 is 5.32 Å². The minimum atomic E-state index is 0.396. The summed E-state index contributed by atoms with van der Waals surface area (Å²) in [6, 6.07) is 16.3. The second kappa shape index (κ2) is 5.94. The maximum atomic E-state index is 5.61. The molecule has 0 spiro atoms. The fourth-order valence-corrected chi connectivity index (χ4v) is 3.00. The molecule has 2 heteroatoms. The van der Waals surface area contributed by atoms with Gasteiger partial charge in [0.2, 0.25) is 0 Å². The molecule has 1 N–H and O–H groups in total. The Kier molecular flexibility index (Phi) is 4.04. The third kappa shape index (κ3) is 2.87. The number of fused-ring (bicyclic) bond motifs is 1. The van der Waals surface area contributed by atoms with Gasteiger partial charge in [-0.05, 0) is 49.1 Å². The summed E-state index contributed by atoms with van der Waals surface area (Å²) >= 11 is 0. The number of rotatable bonds is 5. The molecule has 2 aromatic carbocycles. The van der Waals surface area contributed by atoms with Crippen molar-refractivity contribution in [2.24, 2.45) is 0 Å². The normalized spacial score (nSPS) is 23.5. The van der Waals surface area contributed by atoms with Crippen LogP contribution in [0.25, 0.3) is 10.8 Å². The quantitative estimate of drug-likeness (QED) is 0.884. The van der Waals surface area contributed by atoms with Crippen molar-refractivity contribution in [1.82, 2.24) is 5.32 Å². The Morgan fingerprint density at radius 1 is 1.15 bits per heavy atom. The topological polar surface area (TPSA) is 21.3 Å². The molecule has 0 bridgehead atoms. The first-order valence-corrected chi connectivity index (χ1v) is 7.62. The Balaban J connectivity index is 1.63. The van der Waals surface area contributed by atoms with Crippen LogP contribution in [-0.2, 0) is 4.74 Å². The third-order valence-corrected chi connectivity index (χ3v) is 4.26. The second-order valence-corrected chi connectivity index (χ2v) is 5.74. The summed E-state index contributed by atoms with van der Waals surface area (Å²) in [5.41, 5.74) is 1.36. The predicted molar refractivity (Wildman–Crippen MR) is 83.9 cm³/mol. The largest absolute Gasteiger partial charge is 0.378 e. The zero-order chi connectivity index (χ0) is 13.9. The van der Waals surface area contributed by atoms with Crippen molar-refractivity contribution in [3.8, 4) is 0 Å². The molecule has 20 heavy (non-hydrogen) atoms. The van der Waals surface area contributed by atoms with E-state index in [4.69, 9.17) is 4.74 Å². The van der Waals surface area contributed by atoms with Crippen LogP contribution in [0, 0.1) is 0 Å². The van der Waals surface area contributed by atoms with Crippen LogP contribution in [0.2, 0.25) is 0 Å². The summed E-state index contributed by atoms with van der Waals surface area (Å²) in [7, 11) is 0. The summed E-state index contributed by atoms with van der Waals surface area (Å²) in [4.78, 5) is 0. The van der Waals surface area contributed by atoms with E-state index in [0.29, 0.717) is 18.2 Å². The van der Waals surface area contributed by atoms with Gasteiger partial charge >= 0.3 is 0 Å². The van der Waals surface area contributed by atoms with Gasteiger partial charge < -0.3 is 10.1 Å². The zero-order valence-electron chi connectivity index (χ0n) is 12.3. The van der Waals surface area contributed by atoms with E-state index < -0.39 is 0 Å². The number of benzene rings is 2. The summed E-state index contributed by atoms with van der Waals surface area (Å²) in [5.74, 6) is 0. The summed E-state index contributed by atoms with van der Waals surface area (Å²) in [5, 5.41) is 6.33. The van der Waals surface area contributed by atoms with E-state index in [-0.39, 0.29) is 0 Å². The smallest absolute Gasteiger partial charge is 0.0604 e. The van der Waals surface area contributed by atoms with Crippen molar-refractivity contribution >= 4 is 10.8 Å². The van der Waals surface area contributed by atoms with Crippen LogP contribution in [0.1, 0.15) is 38.3 Å². The van der Waals surface area contributed by atoms with Crippen molar-refractivity contribution in [2.75, 3.05) is 6.61 Å². The molecule has 2 aromatic rings. The molecule has 1 aliphatic carbocycles. The molecule has 0 aromatic heterocycles. The molecular weight excluding hydrogens is 246 g/mol. The highest BCUT2D eigenvalue weighted by Gasteiger charge is 2.30. The van der Waals surface area contributed by atoms with Gasteiger partial charge in [0, 0.05) is 18.7 Å². The minimum absolute atomic E-state index is 0.396. The first kappa shape index (κ1) is 13.6. The first-order chi connectivity index (χ1) is 9.76. The number of nitrogens with one attached hydrogen (secondary N) is 1. The highest BCUT2D eigenvalue weighted by Crippen LogP contribution is 2.27. The van der Waals surface area contributed by atoms with E-state index in [1.54, 1.807) is 0 Å². The molecule has 1 fully saturated rings. The molecule has 1 atom stereocenters. The lowest BCUT2D eigenvalue weighted by molar-refractivity contribution is -0.0120. The van der Waals surface area contributed by atoms with Crippen LogP contribution in [0.15, 0.2) is 42.5 Å². The highest BCUT2D eigenvalue weighted by molar-refractivity contribution is 5.83. The Labute approximate surface area is 121 Å². The molecule has 1 unspecified atom stereocenters. The maximum absolute atomic E-state index is 5.61. The van der Waals surface area contributed by atoms with E-state index in [1.165, 1.54) is 16.3 Å². The predicted octanol–water partition coefficient (Wildman–Crippen LogP) is 4.06. The molecule has 0 saturated heterocycles. The lowest BCUT2D eigenvalue weighted by Gasteiger charge is -2.37. The van der Waals surface area contributed by atoms with Crippen LogP contribution in [0.3, 0.4) is 0 Å². The third-order valence-electron chi connectivity index (χ3n) is 4.26. The summed E-state index contributed by atoms with van der Waals surface area (Å²) < 4.78 is 5.61. The van der Waals surface area contributed by atoms with E-state index in [1.807, 2.05) is 0 Å². The van der Waals surface area contributed by atoms with Gasteiger partial charge in [0.15, 0.2) is 0 Å². The van der Waals surface area contributed by atoms with Gasteiger partial charge in [-0.3, -0.25) is 0 Å². The van der Waals surface area contributed by atoms with Crippen molar-refractivity contribution < 1.29 is 4.74 Å². The summed E-state index contributed by atoms with van der Waals surface area (Å²) in [6.07, 6.45) is 2.76. The molecule has 3 rings (SSSR count). The van der Waals surface area contributed by atoms with E-state index in [2.05, 4.69) is 61.6 Å². The van der Waals surface area contributed by atoms with Crippen molar-refractivity contribution in [3.05, 3.63) is 48.0 Å². The standard InChI is InChI=1S/C18H23NO/c1-3-20-18-11-17(12-18)19-13(2)15-9-8-14-6-4-5-7-16(14)10-15/h4-10,13,17-19H,3,11-12H2,1-2H3. The van der Waals surface area contributed by atoms with Crippen LogP contribution in [0.5, 0.6) is 0 Å². The highest BCUT2D eigenvalue weighted by atomic mass is 16.5. The zero-order valence-corrected chi connectivity index (χ0v) is 12.3. The molecule has 2 nitrogen and oxygen atoms in total. The van der Waals surface area contributed by atoms with Gasteiger partial charge in [-0.2, -0.15) is 0 Å². The Morgan fingerprint density at radius 2 is 1.90 bits per heavy atom. The van der Waals surface area contributed by atoms with Crippen molar-refractivity contribution in [3.63, 3.8) is 0 Å². The Hall–Kier alpha value is -1.38. The van der Waals surface area contributed by atoms with Crippen LogP contribution in [-0.4, -0.2) is 18.8 Å². The Bertz CT molecular complexity index is 574. The fraction of sp³-hybridized carbons (Fsp3) is 0.444. The van der Waals surface area contributed by atoms with Crippen molar-refractivity contribution in [1.29, 1.82) is 0 Å². The van der Waals surface area contributed by atoms with Gasteiger partial charge in [0.1, 0.15) is 0 Å². The van der Waals surface area contributed by atoms with Crippen molar-refractivity contribution in [2.45, 2.75) is 44.9 Å². The minimum Gasteiger partial charge on any atom is -0.378 e. The number of ether oxygens (including phenoxy) is 1. The van der Waals surface area contributed by atoms with Gasteiger partial charge in [0.25, 0.3) is 0 Å². The van der Waals surface area contributed by atoms with Gasteiger partial charge in [-0.1, -0.05) is 36.4 Å². The number of hydrogen-bond donors (Lipinski definition) is 1. The Morgan fingerprint density at radius 3 is 2.65 bits per heavy atom. The van der Waals surface area contributed by atoms with Crippen LogP contribution >= 0.6 is 0 Å². The first-order valence-electron chi connectivity index (χ1n) is 7.62. The molecule has 106 valence electrons. The molecule has 1 saturated carbocycles. The molecule has 0 radical (unpaired) electrons. The molecule has 1 aliphatic rings. The van der Waals surface area contributed by atoms with E-state index >= 15 is 0 Å². The monoisotopic (exact) mass is 269 g/mol. The van der Waals surface area contributed by atoms with E-state index in [0.717, 1.165) is 19.4 Å². The molecule has 0 heterocycles. The molecular formula is C18H23NO. The van der Waals surface area contributed by atoms with Gasteiger partial charge in [-0.15, -0.1) is 0 Å². The van der Waals surface area contributed by atoms with Crippen LogP contribution in [0.4, 0.5) is 0 Å². The fourth-order valence-electron chi connectivity index (χ4n) is 3.00. The lowest BCUT2D eigenvalue weighted by Crippen LogP contribution is -2.46. The number of hydrogen-bond acceptors (Lipinski definition) is 2. The maximum Gasteiger partial charge on any atom is 0.0604 e. The summed E-state index contributed by atoms with van der Waals surface area (Å²) in [6.45, 7) is 5.15. The average Bonchev–Trinajstić information content (AvgIpc) is 2.44. The van der Waals surface area contributed by atoms with Gasteiger partial charge in [-0.25, -0.2) is 0 Å². The average molecular weight is 269 g/mol. The second-order valence-electron chi connectivity index (χ2n) is 5.74. The SMILES string of the molecule is CCOC1CC(NC(C)c2ccc3ccccc3c2)C1. The van der Waals surface area contributed by atoms with E-state index in [9.17, 15) is 0 Å². The molecule has 0 aliphatic heterocycles. The van der Waals surface area contributed by atoms with Gasteiger partial charge in [0.05, 0.1) is 6.10 Å². The lowest BCUT2D eigenvalue weighted by atomic mass is 9.88.